The highest BCUT2D eigenvalue weighted by Gasteiger charge is 2.42. The number of carbonyl (C=O) groups is 1. The highest BCUT2D eigenvalue weighted by molar-refractivity contribution is 5.95. The molecule has 2 aliphatic rings. The predicted octanol–water partition coefficient (Wildman–Crippen LogP) is 4.33. The van der Waals surface area contributed by atoms with Gasteiger partial charge < -0.3 is 14.8 Å². The Labute approximate surface area is 173 Å². The Hall–Kier alpha value is -2.21. The van der Waals surface area contributed by atoms with E-state index in [0.29, 0.717) is 19.1 Å². The maximum Gasteiger partial charge on any atom is 0.246 e. The number of anilines is 1. The SMILES string of the molecule is CC(C)c1ccc(NC(=O)[C@@H](c2ccccc2)N2CCC3(CC2)OCCO3)cc1. The maximum atomic E-state index is 13.3. The van der Waals surface area contributed by atoms with E-state index in [-0.39, 0.29) is 11.9 Å². The lowest BCUT2D eigenvalue weighted by atomic mass is 9.97. The van der Waals surface area contributed by atoms with Crippen molar-refractivity contribution in [3.8, 4) is 0 Å². The van der Waals surface area contributed by atoms with Gasteiger partial charge in [0.05, 0.1) is 13.2 Å². The van der Waals surface area contributed by atoms with Crippen molar-refractivity contribution in [1.82, 2.24) is 4.90 Å². The molecule has 0 unspecified atom stereocenters. The first-order valence-electron chi connectivity index (χ1n) is 10.5. The molecule has 1 amide bonds. The van der Waals surface area contributed by atoms with Gasteiger partial charge in [-0.25, -0.2) is 0 Å². The Morgan fingerprint density at radius 1 is 0.931 bits per heavy atom. The molecule has 2 aromatic rings. The van der Waals surface area contributed by atoms with Crippen molar-refractivity contribution in [2.75, 3.05) is 31.6 Å². The first-order chi connectivity index (χ1) is 14.1. The predicted molar refractivity (Wildman–Crippen MR) is 114 cm³/mol. The van der Waals surface area contributed by atoms with Crippen LogP contribution in [0, 0.1) is 0 Å². The van der Waals surface area contributed by atoms with Gasteiger partial charge in [0.2, 0.25) is 5.91 Å². The second-order valence-corrected chi connectivity index (χ2v) is 8.22. The van der Waals surface area contributed by atoms with E-state index in [4.69, 9.17) is 9.47 Å². The van der Waals surface area contributed by atoms with Gasteiger partial charge in [-0.05, 0) is 29.2 Å². The van der Waals surface area contributed by atoms with E-state index in [1.165, 1.54) is 5.56 Å². The van der Waals surface area contributed by atoms with E-state index in [9.17, 15) is 4.79 Å². The fourth-order valence-electron chi connectivity index (χ4n) is 4.23. The number of amides is 1. The topological polar surface area (TPSA) is 50.8 Å². The molecule has 1 spiro atoms. The van der Waals surface area contributed by atoms with Gasteiger partial charge >= 0.3 is 0 Å². The molecule has 29 heavy (non-hydrogen) atoms. The van der Waals surface area contributed by atoms with E-state index in [0.717, 1.165) is 37.2 Å². The molecule has 154 valence electrons. The van der Waals surface area contributed by atoms with Crippen LogP contribution in [0.4, 0.5) is 5.69 Å². The number of nitrogens with zero attached hydrogens (tertiary/aromatic N) is 1. The van der Waals surface area contributed by atoms with Crippen molar-refractivity contribution >= 4 is 11.6 Å². The summed E-state index contributed by atoms with van der Waals surface area (Å²) in [6.45, 7) is 7.18. The highest BCUT2D eigenvalue weighted by atomic mass is 16.7. The van der Waals surface area contributed by atoms with Crippen LogP contribution in [0.1, 0.15) is 49.8 Å². The van der Waals surface area contributed by atoms with E-state index >= 15 is 0 Å². The molecule has 2 heterocycles. The summed E-state index contributed by atoms with van der Waals surface area (Å²) < 4.78 is 11.7. The third kappa shape index (κ3) is 4.53. The van der Waals surface area contributed by atoms with Crippen molar-refractivity contribution in [2.24, 2.45) is 0 Å². The average Bonchev–Trinajstić information content (AvgIpc) is 3.19. The molecule has 5 heteroatoms. The molecule has 5 nitrogen and oxygen atoms in total. The van der Waals surface area contributed by atoms with Crippen LogP contribution < -0.4 is 5.32 Å². The minimum atomic E-state index is -0.444. The molecule has 0 radical (unpaired) electrons. The zero-order chi connectivity index (χ0) is 20.3. The first-order valence-corrected chi connectivity index (χ1v) is 10.5. The molecule has 0 aromatic heterocycles. The lowest BCUT2D eigenvalue weighted by Gasteiger charge is -2.40. The van der Waals surface area contributed by atoms with E-state index in [1.54, 1.807) is 0 Å². The van der Waals surface area contributed by atoms with Crippen LogP contribution in [-0.4, -0.2) is 42.9 Å². The van der Waals surface area contributed by atoms with Crippen LogP contribution in [0.15, 0.2) is 54.6 Å². The van der Waals surface area contributed by atoms with Crippen LogP contribution in [0.25, 0.3) is 0 Å². The number of carbonyl (C=O) groups excluding carboxylic acids is 1. The molecular weight excluding hydrogens is 364 g/mol. The van der Waals surface area contributed by atoms with Crippen LogP contribution in [0.2, 0.25) is 0 Å². The molecule has 4 rings (SSSR count). The molecule has 0 saturated carbocycles. The van der Waals surface area contributed by atoms with Gasteiger partial charge in [-0.3, -0.25) is 9.69 Å². The number of benzene rings is 2. The highest BCUT2D eigenvalue weighted by Crippen LogP contribution is 2.35. The fraction of sp³-hybridized carbons (Fsp3) is 0.458. The molecule has 2 saturated heterocycles. The van der Waals surface area contributed by atoms with Crippen LogP contribution >= 0.6 is 0 Å². The molecule has 0 bridgehead atoms. The van der Waals surface area contributed by atoms with Gasteiger partial charge in [-0.2, -0.15) is 0 Å². The smallest absolute Gasteiger partial charge is 0.246 e. The summed E-state index contributed by atoms with van der Waals surface area (Å²) in [7, 11) is 0. The summed E-state index contributed by atoms with van der Waals surface area (Å²) in [5.41, 5.74) is 3.10. The van der Waals surface area contributed by atoms with Gasteiger partial charge in [-0.15, -0.1) is 0 Å². The molecular formula is C24H30N2O3. The molecule has 1 N–H and O–H groups in total. The second kappa shape index (κ2) is 8.66. The Balaban J connectivity index is 1.50. The molecule has 0 aliphatic carbocycles. The van der Waals surface area contributed by atoms with E-state index < -0.39 is 5.79 Å². The second-order valence-electron chi connectivity index (χ2n) is 8.22. The molecule has 2 aromatic carbocycles. The van der Waals surface area contributed by atoms with Crippen molar-refractivity contribution in [2.45, 2.75) is 44.4 Å². The summed E-state index contributed by atoms with van der Waals surface area (Å²) in [6, 6.07) is 17.8. The van der Waals surface area contributed by atoms with Crippen molar-refractivity contribution in [3.05, 3.63) is 65.7 Å². The molecule has 1 atom stereocenters. The van der Waals surface area contributed by atoms with Gasteiger partial charge in [0.1, 0.15) is 6.04 Å². The van der Waals surface area contributed by atoms with E-state index in [1.807, 2.05) is 42.5 Å². The molecule has 2 aliphatic heterocycles. The Morgan fingerprint density at radius 2 is 1.55 bits per heavy atom. The van der Waals surface area contributed by atoms with E-state index in [2.05, 4.69) is 36.2 Å². The minimum Gasteiger partial charge on any atom is -0.347 e. The monoisotopic (exact) mass is 394 g/mol. The van der Waals surface area contributed by atoms with Crippen LogP contribution in [0.3, 0.4) is 0 Å². The van der Waals surface area contributed by atoms with Crippen LogP contribution in [0.5, 0.6) is 0 Å². The Bertz CT molecular complexity index is 804. The summed E-state index contributed by atoms with van der Waals surface area (Å²) in [4.78, 5) is 15.6. The number of rotatable bonds is 5. The zero-order valence-corrected chi connectivity index (χ0v) is 17.3. The lowest BCUT2D eigenvalue weighted by Crippen LogP contribution is -2.48. The first kappa shape index (κ1) is 20.1. The number of ether oxygens (including phenoxy) is 2. The zero-order valence-electron chi connectivity index (χ0n) is 17.3. The molecule has 2 fully saturated rings. The Morgan fingerprint density at radius 3 is 2.14 bits per heavy atom. The Kier molecular flexibility index (Phi) is 5.99. The van der Waals surface area contributed by atoms with Crippen molar-refractivity contribution < 1.29 is 14.3 Å². The third-order valence-corrected chi connectivity index (χ3v) is 5.95. The number of hydrogen-bond donors (Lipinski definition) is 1. The van der Waals surface area contributed by atoms with Crippen molar-refractivity contribution in [1.29, 1.82) is 0 Å². The normalized spacial score (nSPS) is 20.1. The quantitative estimate of drug-likeness (QED) is 0.820. The largest absolute Gasteiger partial charge is 0.347 e. The maximum absolute atomic E-state index is 13.3. The number of likely N-dealkylation sites (tertiary alicyclic amines) is 1. The summed E-state index contributed by atoms with van der Waals surface area (Å²) >= 11 is 0. The number of hydrogen-bond acceptors (Lipinski definition) is 4. The number of nitrogens with one attached hydrogen (secondary N) is 1. The van der Waals surface area contributed by atoms with Gasteiger partial charge in [-0.1, -0.05) is 56.3 Å². The summed E-state index contributed by atoms with van der Waals surface area (Å²) in [5.74, 6) is 0.0242. The van der Waals surface area contributed by atoms with Gasteiger partial charge in [0, 0.05) is 31.6 Å². The standard InChI is InChI=1S/C24H30N2O3/c1-18(2)19-8-10-21(11-9-19)25-23(27)22(20-6-4-3-5-7-20)26-14-12-24(13-15-26)28-16-17-29-24/h3-11,18,22H,12-17H2,1-2H3,(H,25,27)/t22-/m1/s1. The van der Waals surface area contributed by atoms with Crippen LogP contribution in [-0.2, 0) is 14.3 Å². The van der Waals surface area contributed by atoms with Crippen molar-refractivity contribution in [3.63, 3.8) is 0 Å². The summed E-state index contributed by atoms with van der Waals surface area (Å²) in [6.07, 6.45) is 1.57. The van der Waals surface area contributed by atoms with Gasteiger partial charge in [0.25, 0.3) is 0 Å². The number of piperidine rings is 1. The lowest BCUT2D eigenvalue weighted by molar-refractivity contribution is -0.188. The third-order valence-electron chi connectivity index (χ3n) is 5.95. The van der Waals surface area contributed by atoms with Gasteiger partial charge in [0.15, 0.2) is 5.79 Å². The average molecular weight is 395 g/mol. The minimum absolute atomic E-state index is 0.00212. The summed E-state index contributed by atoms with van der Waals surface area (Å²) in [5, 5.41) is 3.12. The fourth-order valence-corrected chi connectivity index (χ4v) is 4.23.